The first-order valence-electron chi connectivity index (χ1n) is 4.32. The number of carbonyl (C=O) groups is 1. The summed E-state index contributed by atoms with van der Waals surface area (Å²) in [6.45, 7) is 0. The van der Waals surface area contributed by atoms with Gasteiger partial charge in [-0.1, -0.05) is 0 Å². The summed E-state index contributed by atoms with van der Waals surface area (Å²) in [5.74, 6) is -2.88. The van der Waals surface area contributed by atoms with Crippen molar-refractivity contribution in [2.75, 3.05) is 0 Å². The second-order valence-corrected chi connectivity index (χ2v) is 3.31. The molecule has 1 aliphatic heterocycles. The lowest BCUT2D eigenvalue weighted by atomic mass is 9.93. The Bertz CT molecular complexity index is 458. The lowest BCUT2D eigenvalue weighted by Crippen LogP contribution is -2.15. The number of nitrogens with zero attached hydrogens (tertiary/aromatic N) is 1. The number of aliphatic imine (C=N–C) groups is 1. The number of aliphatic carboxylic acids is 1. The molecule has 5 heteroatoms. The molecule has 1 aliphatic carbocycles. The van der Waals surface area contributed by atoms with E-state index in [1.807, 2.05) is 0 Å². The molecule has 0 atom stereocenters. The average molecular weight is 211 g/mol. The molecule has 1 N–H and O–H groups in total. The van der Waals surface area contributed by atoms with Crippen LogP contribution in [0.5, 0.6) is 0 Å². The van der Waals surface area contributed by atoms with Gasteiger partial charge in [0.15, 0.2) is 5.83 Å². The van der Waals surface area contributed by atoms with Gasteiger partial charge in [-0.05, 0) is 11.6 Å². The van der Waals surface area contributed by atoms with Crippen molar-refractivity contribution in [1.82, 2.24) is 0 Å². The van der Waals surface area contributed by atoms with Gasteiger partial charge in [-0.3, -0.25) is 4.99 Å². The Morgan fingerprint density at radius 2 is 2.13 bits per heavy atom. The zero-order chi connectivity index (χ0) is 11.0. The summed E-state index contributed by atoms with van der Waals surface area (Å²) in [5, 5.41) is 8.70. The lowest BCUT2D eigenvalue weighted by Gasteiger charge is -2.17. The van der Waals surface area contributed by atoms with E-state index in [1.165, 1.54) is 6.20 Å². The van der Waals surface area contributed by atoms with Crippen LogP contribution in [0.4, 0.5) is 8.78 Å². The highest BCUT2D eigenvalue weighted by atomic mass is 19.2. The fraction of sp³-hybridized carbons (Fsp3) is 0.200. The fourth-order valence-electron chi connectivity index (χ4n) is 1.48. The fourth-order valence-corrected chi connectivity index (χ4v) is 1.48. The molecular weight excluding hydrogens is 204 g/mol. The van der Waals surface area contributed by atoms with E-state index in [2.05, 4.69) is 4.99 Å². The van der Waals surface area contributed by atoms with Crippen molar-refractivity contribution < 1.29 is 18.7 Å². The molecule has 3 nitrogen and oxygen atoms in total. The van der Waals surface area contributed by atoms with Gasteiger partial charge in [0.25, 0.3) is 0 Å². The van der Waals surface area contributed by atoms with E-state index in [0.717, 1.165) is 6.08 Å². The summed E-state index contributed by atoms with van der Waals surface area (Å²) in [7, 11) is 0. The molecule has 1 heterocycles. The summed E-state index contributed by atoms with van der Waals surface area (Å²) in [6, 6.07) is 0. The van der Waals surface area contributed by atoms with Crippen molar-refractivity contribution in [3.05, 3.63) is 35.1 Å². The van der Waals surface area contributed by atoms with E-state index >= 15 is 0 Å². The van der Waals surface area contributed by atoms with E-state index in [4.69, 9.17) is 5.11 Å². The second kappa shape index (κ2) is 3.42. The van der Waals surface area contributed by atoms with Crippen LogP contribution < -0.4 is 0 Å². The lowest BCUT2D eigenvalue weighted by molar-refractivity contribution is -0.132. The molecule has 0 unspecified atom stereocenters. The molecule has 0 amide bonds. The number of allylic oxidation sites excluding steroid dienone is 4. The minimum Gasteiger partial charge on any atom is -0.478 e. The highest BCUT2D eigenvalue weighted by Gasteiger charge is 2.24. The van der Waals surface area contributed by atoms with Crippen molar-refractivity contribution in [1.29, 1.82) is 0 Å². The first-order valence-corrected chi connectivity index (χ1v) is 4.32. The van der Waals surface area contributed by atoms with E-state index in [9.17, 15) is 13.6 Å². The molecule has 0 spiro atoms. The normalized spacial score (nSPS) is 20.3. The Kier molecular flexibility index (Phi) is 2.22. The van der Waals surface area contributed by atoms with Gasteiger partial charge in [0.2, 0.25) is 0 Å². The number of hydrogen-bond acceptors (Lipinski definition) is 2. The molecule has 0 radical (unpaired) electrons. The monoisotopic (exact) mass is 211 g/mol. The number of fused-ring (bicyclic) bond motifs is 1. The van der Waals surface area contributed by atoms with Gasteiger partial charge in [-0.15, -0.1) is 0 Å². The molecule has 0 aromatic rings. The van der Waals surface area contributed by atoms with Gasteiger partial charge in [0.1, 0.15) is 5.83 Å². The summed E-state index contributed by atoms with van der Waals surface area (Å²) in [6.07, 6.45) is 2.09. The first-order chi connectivity index (χ1) is 7.08. The first kappa shape index (κ1) is 9.76. The number of rotatable bonds is 1. The maximum absolute atomic E-state index is 12.9. The van der Waals surface area contributed by atoms with Crippen LogP contribution in [0.25, 0.3) is 0 Å². The molecule has 0 aromatic heterocycles. The maximum atomic E-state index is 12.9. The topological polar surface area (TPSA) is 49.7 Å². The minimum absolute atomic E-state index is 0.0834. The van der Waals surface area contributed by atoms with Crippen molar-refractivity contribution in [2.45, 2.75) is 12.8 Å². The Hall–Kier alpha value is -1.78. The Morgan fingerprint density at radius 1 is 1.40 bits per heavy atom. The van der Waals surface area contributed by atoms with E-state index in [1.54, 1.807) is 0 Å². The summed E-state index contributed by atoms with van der Waals surface area (Å²) >= 11 is 0. The molecule has 0 saturated heterocycles. The molecule has 0 saturated carbocycles. The van der Waals surface area contributed by atoms with Crippen LogP contribution in [0, 0.1) is 0 Å². The Labute approximate surface area is 84.1 Å². The van der Waals surface area contributed by atoms with Crippen molar-refractivity contribution in [3.63, 3.8) is 0 Å². The smallest absolute Gasteiger partial charge is 0.333 e. The molecule has 0 aromatic carbocycles. The van der Waals surface area contributed by atoms with E-state index in [0.29, 0.717) is 11.3 Å². The van der Waals surface area contributed by atoms with E-state index < -0.39 is 17.6 Å². The number of halogens is 2. The third kappa shape index (κ3) is 1.72. The van der Waals surface area contributed by atoms with Crippen molar-refractivity contribution in [2.24, 2.45) is 4.99 Å². The summed E-state index contributed by atoms with van der Waals surface area (Å²) < 4.78 is 25.7. The quantitative estimate of drug-likeness (QED) is 0.723. The van der Waals surface area contributed by atoms with Crippen LogP contribution in [0.1, 0.15) is 12.8 Å². The second-order valence-electron chi connectivity index (χ2n) is 3.31. The third-order valence-electron chi connectivity index (χ3n) is 2.29. The molecule has 2 aliphatic rings. The maximum Gasteiger partial charge on any atom is 0.333 e. The zero-order valence-corrected chi connectivity index (χ0v) is 7.63. The molecule has 0 bridgehead atoms. The average Bonchev–Trinajstić information content (AvgIpc) is 2.19. The van der Waals surface area contributed by atoms with Gasteiger partial charge in [-0.25, -0.2) is 13.6 Å². The molecule has 78 valence electrons. The van der Waals surface area contributed by atoms with Crippen LogP contribution in [0.2, 0.25) is 0 Å². The van der Waals surface area contributed by atoms with Gasteiger partial charge in [0.05, 0.1) is 11.3 Å². The standard InChI is InChI=1S/C10H7F2NO2/c11-7-2-5-1-6(10(14)15)4-13-9(5)3-8(7)12/h2,4H,1,3H2,(H,14,15). The number of carboxylic acids is 1. The van der Waals surface area contributed by atoms with Crippen molar-refractivity contribution >= 4 is 11.7 Å². The predicted octanol–water partition coefficient (Wildman–Crippen LogP) is 2.28. The molecule has 0 fully saturated rings. The largest absolute Gasteiger partial charge is 0.478 e. The SMILES string of the molecule is O=C(O)C1=CN=C2CC(F)=C(F)C=C2C1. The minimum atomic E-state index is -1.09. The van der Waals surface area contributed by atoms with Gasteiger partial charge in [-0.2, -0.15) is 0 Å². The number of hydrogen-bond donors (Lipinski definition) is 1. The summed E-state index contributed by atoms with van der Waals surface area (Å²) in [4.78, 5) is 14.4. The zero-order valence-electron chi connectivity index (χ0n) is 7.63. The highest BCUT2D eigenvalue weighted by molar-refractivity contribution is 6.06. The summed E-state index contributed by atoms with van der Waals surface area (Å²) in [5.41, 5.74) is 0.924. The van der Waals surface area contributed by atoms with Gasteiger partial charge >= 0.3 is 5.97 Å². The molecular formula is C10H7F2NO2. The predicted molar refractivity (Wildman–Crippen MR) is 49.7 cm³/mol. The van der Waals surface area contributed by atoms with E-state index in [-0.39, 0.29) is 18.4 Å². The van der Waals surface area contributed by atoms with Crippen LogP contribution in [-0.2, 0) is 4.79 Å². The van der Waals surface area contributed by atoms with Crippen LogP contribution in [-0.4, -0.2) is 16.8 Å². The van der Waals surface area contributed by atoms with Crippen LogP contribution in [0.3, 0.4) is 0 Å². The highest BCUT2D eigenvalue weighted by Crippen LogP contribution is 2.30. The van der Waals surface area contributed by atoms with Crippen molar-refractivity contribution in [3.8, 4) is 0 Å². The number of carboxylic acid groups (broad SMARTS) is 1. The van der Waals surface area contributed by atoms with Gasteiger partial charge < -0.3 is 5.11 Å². The Morgan fingerprint density at radius 3 is 2.80 bits per heavy atom. The van der Waals surface area contributed by atoms with Crippen LogP contribution in [0.15, 0.2) is 40.1 Å². The molecule has 2 rings (SSSR count). The Balaban J connectivity index is 2.35. The molecule has 15 heavy (non-hydrogen) atoms. The van der Waals surface area contributed by atoms with Crippen LogP contribution >= 0.6 is 0 Å². The van der Waals surface area contributed by atoms with Gasteiger partial charge in [0, 0.05) is 19.0 Å². The third-order valence-corrected chi connectivity index (χ3v) is 2.29.